The first-order valence-electron chi connectivity index (χ1n) is 6.25. The number of carbonyl (C=O) groups excluding carboxylic acids is 1. The Morgan fingerprint density at radius 3 is 3.21 bits per heavy atom. The third-order valence-electron chi connectivity index (χ3n) is 3.57. The van der Waals surface area contributed by atoms with Crippen LogP contribution >= 0.6 is 0 Å². The number of rotatable bonds is 2. The summed E-state index contributed by atoms with van der Waals surface area (Å²) in [7, 11) is 0. The summed E-state index contributed by atoms with van der Waals surface area (Å²) in [4.78, 5) is 20.9. The number of aromatic nitrogens is 2. The third kappa shape index (κ3) is 1.98. The summed E-state index contributed by atoms with van der Waals surface area (Å²) >= 11 is 0. The van der Waals surface area contributed by atoms with E-state index in [0.717, 1.165) is 12.8 Å². The van der Waals surface area contributed by atoms with Crippen molar-refractivity contribution in [2.24, 2.45) is 0 Å². The lowest BCUT2D eigenvalue weighted by Gasteiger charge is -2.23. The Morgan fingerprint density at radius 2 is 2.42 bits per heavy atom. The molecule has 1 fully saturated rings. The van der Waals surface area contributed by atoms with Crippen molar-refractivity contribution in [1.29, 1.82) is 0 Å². The van der Waals surface area contributed by atoms with E-state index in [0.29, 0.717) is 17.6 Å². The second-order valence-corrected chi connectivity index (χ2v) is 4.73. The van der Waals surface area contributed by atoms with Gasteiger partial charge in [0.2, 0.25) is 0 Å². The minimum atomic E-state index is -0.472. The van der Waals surface area contributed by atoms with Crippen LogP contribution in [0.25, 0.3) is 11.0 Å². The first kappa shape index (κ1) is 12.1. The van der Waals surface area contributed by atoms with E-state index < -0.39 is 5.82 Å². The van der Waals surface area contributed by atoms with Crippen molar-refractivity contribution in [3.8, 4) is 0 Å². The molecule has 19 heavy (non-hydrogen) atoms. The van der Waals surface area contributed by atoms with Crippen LogP contribution in [0.4, 0.5) is 4.39 Å². The Kier molecular flexibility index (Phi) is 2.94. The van der Waals surface area contributed by atoms with Crippen LogP contribution in [-0.4, -0.2) is 45.1 Å². The minimum absolute atomic E-state index is 0.0647. The van der Waals surface area contributed by atoms with Gasteiger partial charge in [0, 0.05) is 6.54 Å². The van der Waals surface area contributed by atoms with Gasteiger partial charge in [0.05, 0.1) is 30.1 Å². The molecule has 1 aromatic heterocycles. The first-order chi connectivity index (χ1) is 9.20. The number of nitrogens with one attached hydrogen (secondary N) is 1. The van der Waals surface area contributed by atoms with E-state index in [-0.39, 0.29) is 24.1 Å². The van der Waals surface area contributed by atoms with Crippen LogP contribution < -0.4 is 0 Å². The Hall–Kier alpha value is -1.95. The molecule has 1 amide bonds. The number of imidazole rings is 1. The zero-order chi connectivity index (χ0) is 13.4. The molecule has 5 nitrogen and oxygen atoms in total. The van der Waals surface area contributed by atoms with Crippen molar-refractivity contribution < 1.29 is 14.3 Å². The van der Waals surface area contributed by atoms with Crippen molar-refractivity contribution in [3.63, 3.8) is 0 Å². The fraction of sp³-hybridized carbons (Fsp3) is 0.385. The van der Waals surface area contributed by atoms with Gasteiger partial charge < -0.3 is 15.0 Å². The second kappa shape index (κ2) is 4.62. The average molecular weight is 263 g/mol. The van der Waals surface area contributed by atoms with E-state index in [4.69, 9.17) is 0 Å². The van der Waals surface area contributed by atoms with Gasteiger partial charge in [-0.05, 0) is 25.0 Å². The summed E-state index contributed by atoms with van der Waals surface area (Å²) < 4.78 is 13.5. The number of likely N-dealkylation sites (tertiary alicyclic amines) is 1. The number of nitrogens with zero attached hydrogens (tertiary/aromatic N) is 2. The standard InChI is InChI=1S/C13H14FN3O2/c14-8-4-10(12-11(5-8)15-7-16-12)13(19)17-3-1-2-9(17)6-18/h4-5,7,9,18H,1-3,6H2,(H,15,16). The largest absolute Gasteiger partial charge is 0.394 e. The number of carbonyl (C=O) groups is 1. The van der Waals surface area contributed by atoms with E-state index in [1.54, 1.807) is 4.90 Å². The van der Waals surface area contributed by atoms with Gasteiger partial charge in [0.15, 0.2) is 0 Å². The Labute approximate surface area is 109 Å². The highest BCUT2D eigenvalue weighted by Crippen LogP contribution is 2.24. The lowest BCUT2D eigenvalue weighted by Crippen LogP contribution is -2.37. The monoisotopic (exact) mass is 263 g/mol. The molecule has 0 saturated carbocycles. The van der Waals surface area contributed by atoms with Gasteiger partial charge in [0.1, 0.15) is 11.3 Å². The predicted octanol–water partition coefficient (Wildman–Crippen LogP) is 1.30. The van der Waals surface area contributed by atoms with Gasteiger partial charge in [-0.15, -0.1) is 0 Å². The SMILES string of the molecule is O=C(c1cc(F)cc2[nH]cnc12)N1CCCC1CO. The number of fused-ring (bicyclic) bond motifs is 1. The molecule has 1 saturated heterocycles. The lowest BCUT2D eigenvalue weighted by molar-refractivity contribution is 0.0679. The normalized spacial score (nSPS) is 19.3. The zero-order valence-corrected chi connectivity index (χ0v) is 10.3. The summed E-state index contributed by atoms with van der Waals surface area (Å²) in [6, 6.07) is 2.34. The quantitative estimate of drug-likeness (QED) is 0.858. The Bertz CT molecular complexity index is 625. The highest BCUT2D eigenvalue weighted by Gasteiger charge is 2.30. The molecule has 2 heterocycles. The number of hydrogen-bond donors (Lipinski definition) is 2. The third-order valence-corrected chi connectivity index (χ3v) is 3.57. The van der Waals surface area contributed by atoms with Gasteiger partial charge in [-0.1, -0.05) is 0 Å². The van der Waals surface area contributed by atoms with Crippen LogP contribution in [0.2, 0.25) is 0 Å². The number of aliphatic hydroxyl groups is 1. The highest BCUT2D eigenvalue weighted by atomic mass is 19.1. The molecule has 2 aromatic rings. The first-order valence-corrected chi connectivity index (χ1v) is 6.25. The fourth-order valence-electron chi connectivity index (χ4n) is 2.63. The molecular weight excluding hydrogens is 249 g/mol. The number of aromatic amines is 1. The molecule has 1 aliphatic heterocycles. The molecule has 0 radical (unpaired) electrons. The molecule has 0 aliphatic carbocycles. The molecule has 6 heteroatoms. The molecule has 0 bridgehead atoms. The second-order valence-electron chi connectivity index (χ2n) is 4.73. The van der Waals surface area contributed by atoms with E-state index in [9.17, 15) is 14.3 Å². The summed E-state index contributed by atoms with van der Waals surface area (Å²) in [5, 5.41) is 9.27. The number of benzene rings is 1. The summed E-state index contributed by atoms with van der Waals surface area (Å²) in [6.45, 7) is 0.525. The zero-order valence-electron chi connectivity index (χ0n) is 10.3. The van der Waals surface area contributed by atoms with Crippen LogP contribution in [0.1, 0.15) is 23.2 Å². The molecule has 1 aliphatic rings. The highest BCUT2D eigenvalue weighted by molar-refractivity contribution is 6.05. The van der Waals surface area contributed by atoms with Crippen LogP contribution in [0.5, 0.6) is 0 Å². The van der Waals surface area contributed by atoms with Crippen molar-refractivity contribution >= 4 is 16.9 Å². The summed E-state index contributed by atoms with van der Waals surface area (Å²) in [5.74, 6) is -0.743. The van der Waals surface area contributed by atoms with Crippen LogP contribution in [0.15, 0.2) is 18.5 Å². The van der Waals surface area contributed by atoms with Crippen LogP contribution in [-0.2, 0) is 0 Å². The van der Waals surface area contributed by atoms with Gasteiger partial charge in [-0.25, -0.2) is 9.37 Å². The van der Waals surface area contributed by atoms with Crippen molar-refractivity contribution in [2.45, 2.75) is 18.9 Å². The van der Waals surface area contributed by atoms with E-state index in [1.807, 2.05) is 0 Å². The van der Waals surface area contributed by atoms with Crippen molar-refractivity contribution in [1.82, 2.24) is 14.9 Å². The van der Waals surface area contributed by atoms with E-state index in [1.165, 1.54) is 18.5 Å². The molecular formula is C13H14FN3O2. The molecule has 0 spiro atoms. The molecule has 1 atom stereocenters. The predicted molar refractivity (Wildman–Crippen MR) is 67.2 cm³/mol. The van der Waals surface area contributed by atoms with E-state index in [2.05, 4.69) is 9.97 Å². The minimum Gasteiger partial charge on any atom is -0.394 e. The average Bonchev–Trinajstić information content (AvgIpc) is 3.04. The molecule has 1 aromatic carbocycles. The summed E-state index contributed by atoms with van der Waals surface area (Å²) in [5.41, 5.74) is 1.22. The van der Waals surface area contributed by atoms with Gasteiger partial charge >= 0.3 is 0 Å². The maximum Gasteiger partial charge on any atom is 0.256 e. The van der Waals surface area contributed by atoms with Crippen molar-refractivity contribution in [3.05, 3.63) is 29.8 Å². The maximum atomic E-state index is 13.5. The number of aliphatic hydroxyl groups excluding tert-OH is 1. The fourth-order valence-corrected chi connectivity index (χ4v) is 2.63. The van der Waals surface area contributed by atoms with Gasteiger partial charge in [0.25, 0.3) is 5.91 Å². The number of H-pyrrole nitrogens is 1. The topological polar surface area (TPSA) is 69.2 Å². The van der Waals surface area contributed by atoms with Gasteiger partial charge in [-0.3, -0.25) is 4.79 Å². The molecule has 1 unspecified atom stereocenters. The van der Waals surface area contributed by atoms with Gasteiger partial charge in [-0.2, -0.15) is 0 Å². The Balaban J connectivity index is 2.03. The summed E-state index contributed by atoms with van der Waals surface area (Å²) in [6.07, 6.45) is 3.08. The number of halogens is 1. The lowest BCUT2D eigenvalue weighted by atomic mass is 10.1. The smallest absolute Gasteiger partial charge is 0.256 e. The van der Waals surface area contributed by atoms with Crippen molar-refractivity contribution in [2.75, 3.05) is 13.2 Å². The number of hydrogen-bond acceptors (Lipinski definition) is 3. The number of amides is 1. The Morgan fingerprint density at radius 1 is 1.58 bits per heavy atom. The molecule has 2 N–H and O–H groups in total. The maximum absolute atomic E-state index is 13.5. The van der Waals surface area contributed by atoms with Crippen LogP contribution in [0.3, 0.4) is 0 Å². The molecule has 100 valence electrons. The van der Waals surface area contributed by atoms with Crippen LogP contribution in [0, 0.1) is 5.82 Å². The molecule has 3 rings (SSSR count). The van der Waals surface area contributed by atoms with E-state index >= 15 is 0 Å².